The number of nitrogens with one attached hydrogen (secondary N) is 1. The number of amides is 2. The minimum atomic E-state index is -0.329. The molecule has 1 N–H and O–H groups in total. The normalized spacial score (nSPS) is 32.3. The second kappa shape index (κ2) is 6.48. The van der Waals surface area contributed by atoms with Crippen LogP contribution in [-0.2, 0) is 19.1 Å². The van der Waals surface area contributed by atoms with Crippen LogP contribution in [0.15, 0.2) is 0 Å². The fourth-order valence-corrected chi connectivity index (χ4v) is 3.32. The molecule has 0 spiro atoms. The molecule has 1 saturated heterocycles. The molecule has 1 saturated carbocycles. The summed E-state index contributed by atoms with van der Waals surface area (Å²) in [5.74, 6) is 0.580. The smallest absolute Gasteiger partial charge is 0.229 e. The van der Waals surface area contributed by atoms with Crippen LogP contribution in [0.5, 0.6) is 0 Å². The maximum absolute atomic E-state index is 12.1. The fraction of sp³-hybridized carbons (Fsp3) is 0.800. The second-order valence-electron chi connectivity index (χ2n) is 6.24. The van der Waals surface area contributed by atoms with Gasteiger partial charge in [0.15, 0.2) is 0 Å². The first-order valence-electron chi connectivity index (χ1n) is 7.43. The molecule has 112 valence electrons. The van der Waals surface area contributed by atoms with E-state index in [4.69, 9.17) is 4.74 Å². The van der Waals surface area contributed by atoms with Gasteiger partial charge in [0.1, 0.15) is 5.78 Å². The lowest BCUT2D eigenvalue weighted by Gasteiger charge is -2.30. The quantitative estimate of drug-likeness (QED) is 0.792. The summed E-state index contributed by atoms with van der Waals surface area (Å²) in [6.45, 7) is 4.62. The average molecular weight is 281 g/mol. The molecule has 2 aliphatic rings. The Labute approximate surface area is 119 Å². The molecule has 2 fully saturated rings. The maximum Gasteiger partial charge on any atom is 0.229 e. The predicted octanol–water partition coefficient (Wildman–Crippen LogP) is 1.45. The highest BCUT2D eigenvalue weighted by Gasteiger charge is 2.32. The van der Waals surface area contributed by atoms with Crippen molar-refractivity contribution < 1.29 is 19.1 Å². The molecular formula is C15H23NO4. The standard InChI is InChI=1S/C15H23NO4/c1-9-5-10(2)15(19)11(6-9)3-4-20-12-7-13(17)16-14(18)8-12/h9-12H,3-8H2,1-2H3,(H,16,17,18). The Morgan fingerprint density at radius 2 is 1.75 bits per heavy atom. The highest BCUT2D eigenvalue weighted by Crippen LogP contribution is 2.32. The van der Waals surface area contributed by atoms with Crippen molar-refractivity contribution in [3.8, 4) is 0 Å². The number of hydrogen-bond acceptors (Lipinski definition) is 4. The van der Waals surface area contributed by atoms with Gasteiger partial charge in [0.2, 0.25) is 11.8 Å². The molecule has 20 heavy (non-hydrogen) atoms. The van der Waals surface area contributed by atoms with Gasteiger partial charge in [-0.3, -0.25) is 19.7 Å². The van der Waals surface area contributed by atoms with E-state index in [0.717, 1.165) is 12.8 Å². The van der Waals surface area contributed by atoms with Gasteiger partial charge in [-0.15, -0.1) is 0 Å². The minimum absolute atomic E-state index is 0.0712. The molecule has 2 amide bonds. The molecule has 0 aromatic rings. The molecule has 5 heteroatoms. The van der Waals surface area contributed by atoms with E-state index in [1.165, 1.54) is 0 Å². The van der Waals surface area contributed by atoms with E-state index in [-0.39, 0.29) is 42.6 Å². The summed E-state index contributed by atoms with van der Waals surface area (Å²) in [6.07, 6.45) is 2.74. The van der Waals surface area contributed by atoms with Crippen molar-refractivity contribution in [1.82, 2.24) is 5.32 Å². The summed E-state index contributed by atoms with van der Waals surface area (Å²) < 4.78 is 5.61. The Morgan fingerprint density at radius 1 is 1.10 bits per heavy atom. The molecule has 1 heterocycles. The molecule has 1 aliphatic heterocycles. The van der Waals surface area contributed by atoms with Crippen LogP contribution in [0.2, 0.25) is 0 Å². The van der Waals surface area contributed by atoms with E-state index in [0.29, 0.717) is 24.7 Å². The largest absolute Gasteiger partial charge is 0.377 e. The monoisotopic (exact) mass is 281 g/mol. The van der Waals surface area contributed by atoms with Crippen molar-refractivity contribution in [2.24, 2.45) is 17.8 Å². The number of hydrogen-bond donors (Lipinski definition) is 1. The van der Waals surface area contributed by atoms with Gasteiger partial charge in [-0.05, 0) is 25.2 Å². The third-order valence-corrected chi connectivity index (χ3v) is 4.26. The van der Waals surface area contributed by atoms with Crippen LogP contribution in [0.1, 0.15) is 46.0 Å². The van der Waals surface area contributed by atoms with Crippen molar-refractivity contribution in [1.29, 1.82) is 0 Å². The Hall–Kier alpha value is -1.23. The molecule has 0 radical (unpaired) electrons. The van der Waals surface area contributed by atoms with Crippen molar-refractivity contribution in [3.63, 3.8) is 0 Å². The Balaban J connectivity index is 1.76. The fourth-order valence-electron chi connectivity index (χ4n) is 3.32. The number of ketones is 1. The van der Waals surface area contributed by atoms with Gasteiger partial charge in [-0.2, -0.15) is 0 Å². The van der Waals surface area contributed by atoms with Gasteiger partial charge in [-0.25, -0.2) is 0 Å². The lowest BCUT2D eigenvalue weighted by Crippen LogP contribution is -2.42. The van der Waals surface area contributed by atoms with E-state index in [1.54, 1.807) is 0 Å². The summed E-state index contributed by atoms with van der Waals surface area (Å²) >= 11 is 0. The summed E-state index contributed by atoms with van der Waals surface area (Å²) in [4.78, 5) is 34.5. The van der Waals surface area contributed by atoms with Crippen LogP contribution in [0.25, 0.3) is 0 Å². The Kier molecular flexibility index (Phi) is 4.91. The maximum atomic E-state index is 12.1. The molecule has 0 aromatic heterocycles. The summed E-state index contributed by atoms with van der Waals surface area (Å²) in [5, 5.41) is 2.26. The molecule has 5 nitrogen and oxygen atoms in total. The van der Waals surface area contributed by atoms with Crippen LogP contribution in [0.3, 0.4) is 0 Å². The van der Waals surface area contributed by atoms with Gasteiger partial charge in [0, 0.05) is 18.4 Å². The summed E-state index contributed by atoms with van der Waals surface area (Å²) in [6, 6.07) is 0. The lowest BCUT2D eigenvalue weighted by atomic mass is 9.74. The van der Waals surface area contributed by atoms with Gasteiger partial charge in [-0.1, -0.05) is 13.8 Å². The van der Waals surface area contributed by atoms with Crippen molar-refractivity contribution in [2.75, 3.05) is 6.61 Å². The third kappa shape index (κ3) is 3.88. The number of carbonyl (C=O) groups is 3. The first kappa shape index (κ1) is 15.2. The van der Waals surface area contributed by atoms with Crippen LogP contribution in [0, 0.1) is 17.8 Å². The molecule has 3 atom stereocenters. The molecular weight excluding hydrogens is 258 g/mol. The zero-order valence-electron chi connectivity index (χ0n) is 12.2. The van der Waals surface area contributed by atoms with Gasteiger partial charge in [0.05, 0.1) is 18.9 Å². The van der Waals surface area contributed by atoms with Crippen molar-refractivity contribution >= 4 is 17.6 Å². The molecule has 0 aromatic carbocycles. The zero-order valence-corrected chi connectivity index (χ0v) is 12.2. The molecule has 1 aliphatic carbocycles. The minimum Gasteiger partial charge on any atom is -0.377 e. The van der Waals surface area contributed by atoms with E-state index < -0.39 is 0 Å². The summed E-state index contributed by atoms with van der Waals surface area (Å²) in [5.41, 5.74) is 0. The van der Waals surface area contributed by atoms with Gasteiger partial charge < -0.3 is 4.74 Å². The van der Waals surface area contributed by atoms with Crippen molar-refractivity contribution in [2.45, 2.75) is 52.1 Å². The van der Waals surface area contributed by atoms with E-state index in [9.17, 15) is 14.4 Å². The molecule has 3 unspecified atom stereocenters. The van der Waals surface area contributed by atoms with Crippen LogP contribution >= 0.6 is 0 Å². The second-order valence-corrected chi connectivity index (χ2v) is 6.24. The summed E-state index contributed by atoms with van der Waals surface area (Å²) in [7, 11) is 0. The highest BCUT2D eigenvalue weighted by atomic mass is 16.5. The first-order chi connectivity index (χ1) is 9.45. The van der Waals surface area contributed by atoms with E-state index in [2.05, 4.69) is 12.2 Å². The Bertz CT molecular complexity index is 391. The van der Waals surface area contributed by atoms with Crippen LogP contribution in [0.4, 0.5) is 0 Å². The molecule has 2 rings (SSSR count). The average Bonchev–Trinajstić information content (AvgIpc) is 2.34. The number of piperidine rings is 1. The molecule has 0 bridgehead atoms. The number of imide groups is 1. The number of Topliss-reactive ketones (excluding diaryl/α,β-unsaturated/α-hetero) is 1. The Morgan fingerprint density at radius 3 is 2.40 bits per heavy atom. The number of carbonyl (C=O) groups excluding carboxylic acids is 3. The van der Waals surface area contributed by atoms with Gasteiger partial charge >= 0.3 is 0 Å². The van der Waals surface area contributed by atoms with Crippen LogP contribution in [-0.4, -0.2) is 30.3 Å². The highest BCUT2D eigenvalue weighted by molar-refractivity contribution is 5.98. The predicted molar refractivity (Wildman–Crippen MR) is 72.8 cm³/mol. The lowest BCUT2D eigenvalue weighted by molar-refractivity contribution is -0.140. The zero-order chi connectivity index (χ0) is 14.7. The van der Waals surface area contributed by atoms with Gasteiger partial charge in [0.25, 0.3) is 0 Å². The van der Waals surface area contributed by atoms with E-state index in [1.807, 2.05) is 6.92 Å². The number of ether oxygens (including phenoxy) is 1. The SMILES string of the molecule is CC1CC(C)C(=O)C(CCOC2CC(=O)NC(=O)C2)C1. The first-order valence-corrected chi connectivity index (χ1v) is 7.43. The van der Waals surface area contributed by atoms with Crippen molar-refractivity contribution in [3.05, 3.63) is 0 Å². The number of rotatable bonds is 4. The van der Waals surface area contributed by atoms with Crippen LogP contribution < -0.4 is 5.32 Å². The third-order valence-electron chi connectivity index (χ3n) is 4.26. The van der Waals surface area contributed by atoms with E-state index >= 15 is 0 Å². The topological polar surface area (TPSA) is 72.5 Å².